The van der Waals surface area contributed by atoms with Crippen LogP contribution in [0, 0.1) is 0 Å². The van der Waals surface area contributed by atoms with Gasteiger partial charge in [0.1, 0.15) is 6.61 Å². The Kier molecular flexibility index (Phi) is 9.39. The van der Waals surface area contributed by atoms with Crippen molar-refractivity contribution >= 4 is 20.2 Å². The Balaban J connectivity index is 1.77. The summed E-state index contributed by atoms with van der Waals surface area (Å²) in [5.41, 5.74) is 8.27. The highest BCUT2D eigenvalue weighted by Gasteiger charge is 2.41. The van der Waals surface area contributed by atoms with Gasteiger partial charge in [-0.3, -0.25) is 4.90 Å². The van der Waals surface area contributed by atoms with Gasteiger partial charge >= 0.3 is 6.09 Å². The van der Waals surface area contributed by atoms with Crippen molar-refractivity contribution in [3.8, 4) is 0 Å². The zero-order valence-electron chi connectivity index (χ0n) is 23.0. The lowest BCUT2D eigenvalue weighted by Gasteiger charge is -2.38. The number of ether oxygens (including phenoxy) is 1. The maximum absolute atomic E-state index is 13.1. The lowest BCUT2D eigenvalue weighted by atomic mass is 10.0. The first kappa shape index (κ1) is 28.7. The predicted molar refractivity (Wildman–Crippen MR) is 149 cm³/mol. The van der Waals surface area contributed by atoms with Crippen molar-refractivity contribution in [2.24, 2.45) is 10.9 Å². The molecule has 0 aliphatic carbocycles. The molecule has 2 aromatic carbocycles. The van der Waals surface area contributed by atoms with Gasteiger partial charge in [-0.1, -0.05) is 74.5 Å². The molecule has 37 heavy (non-hydrogen) atoms. The number of hydrogen-bond donors (Lipinski definition) is 2. The maximum Gasteiger partial charge on any atom is 0.410 e. The molecule has 3 N–H and O–H groups in total. The van der Waals surface area contributed by atoms with E-state index in [1.807, 2.05) is 48.5 Å². The smallest absolute Gasteiger partial charge is 0.410 e. The number of likely N-dealkylation sites (tertiary alicyclic amines) is 1. The van der Waals surface area contributed by atoms with Crippen LogP contribution in [0.4, 0.5) is 4.79 Å². The first-order valence-corrected chi connectivity index (χ1v) is 15.7. The van der Waals surface area contributed by atoms with Gasteiger partial charge in [-0.05, 0) is 41.7 Å². The second-order valence-electron chi connectivity index (χ2n) is 11.3. The molecule has 1 fully saturated rings. The molecule has 1 amide bonds. The van der Waals surface area contributed by atoms with Crippen molar-refractivity contribution in [2.75, 3.05) is 26.7 Å². The topological polar surface area (TPSA) is 101 Å². The number of benzene rings is 2. The Morgan fingerprint density at radius 2 is 1.92 bits per heavy atom. The largest absolute Gasteiger partial charge is 0.445 e. The molecule has 0 spiro atoms. The maximum atomic E-state index is 13.1. The summed E-state index contributed by atoms with van der Waals surface area (Å²) in [4.78, 5) is 17.1. The summed E-state index contributed by atoms with van der Waals surface area (Å²) < 4.78 is 12.3. The van der Waals surface area contributed by atoms with Crippen LogP contribution in [0.3, 0.4) is 0 Å². The van der Waals surface area contributed by atoms with Gasteiger partial charge in [0.05, 0.1) is 12.1 Å². The van der Waals surface area contributed by atoms with Crippen LogP contribution in [-0.2, 0) is 15.8 Å². The van der Waals surface area contributed by atoms with Crippen LogP contribution < -0.4 is 5.73 Å². The molecule has 1 aliphatic rings. The molecule has 2 aromatic rings. The van der Waals surface area contributed by atoms with Crippen molar-refractivity contribution in [1.29, 1.82) is 0 Å². The standard InChI is InChI=1S/C28H42N4O4Si/c1-28(2,3)37(5,6)36-24-15-16-32(18-24)19-25(22-13-10-14-23(17-22)26(29)30-34)31(4)27(33)35-20-21-11-8-7-9-12-21/h7-14,17,24-25,34H,15-16,18-20H2,1-6H3,(H2,29,30)/t24-,25+/m0/s1. The van der Waals surface area contributed by atoms with Gasteiger partial charge < -0.3 is 25.0 Å². The van der Waals surface area contributed by atoms with Crippen molar-refractivity contribution in [2.45, 2.75) is 64.1 Å². The Bertz CT molecular complexity index is 1070. The number of amides is 1. The van der Waals surface area contributed by atoms with E-state index in [2.05, 4.69) is 43.9 Å². The van der Waals surface area contributed by atoms with E-state index >= 15 is 0 Å². The van der Waals surface area contributed by atoms with Crippen LogP contribution in [0.15, 0.2) is 59.8 Å². The molecule has 3 rings (SSSR count). The van der Waals surface area contributed by atoms with Gasteiger partial charge in [0.2, 0.25) is 0 Å². The number of likely N-dealkylation sites (N-methyl/N-ethyl adjacent to an activating group) is 1. The Labute approximate surface area is 222 Å². The summed E-state index contributed by atoms with van der Waals surface area (Å²) in [6.45, 7) is 13.9. The normalized spacial score (nSPS) is 18.0. The van der Waals surface area contributed by atoms with Crippen LogP contribution in [-0.4, -0.2) is 68.0 Å². The summed E-state index contributed by atoms with van der Waals surface area (Å²) in [6, 6.07) is 16.8. The van der Waals surface area contributed by atoms with Gasteiger partial charge in [-0.15, -0.1) is 0 Å². The van der Waals surface area contributed by atoms with Gasteiger partial charge in [0.15, 0.2) is 14.2 Å². The van der Waals surface area contributed by atoms with Crippen LogP contribution in [0.2, 0.25) is 18.1 Å². The fourth-order valence-electron chi connectivity index (χ4n) is 4.26. The summed E-state index contributed by atoms with van der Waals surface area (Å²) in [6.07, 6.45) is 0.739. The summed E-state index contributed by atoms with van der Waals surface area (Å²) in [5.74, 6) is 0.0268. The summed E-state index contributed by atoms with van der Waals surface area (Å²) in [7, 11) is -0.115. The zero-order chi connectivity index (χ0) is 27.2. The minimum atomic E-state index is -1.87. The average molecular weight is 527 g/mol. The number of nitrogens with zero attached hydrogens (tertiary/aromatic N) is 3. The number of nitrogens with two attached hydrogens (primary N) is 1. The van der Waals surface area contributed by atoms with Crippen molar-refractivity contribution < 1.29 is 19.2 Å². The summed E-state index contributed by atoms with van der Waals surface area (Å²) >= 11 is 0. The van der Waals surface area contributed by atoms with Crippen LogP contribution in [0.1, 0.15) is 49.9 Å². The highest BCUT2D eigenvalue weighted by molar-refractivity contribution is 6.74. The molecule has 0 aromatic heterocycles. The van der Waals surface area contributed by atoms with Crippen molar-refractivity contribution in [3.63, 3.8) is 0 Å². The van der Waals surface area contributed by atoms with Crippen molar-refractivity contribution in [1.82, 2.24) is 9.80 Å². The van der Waals surface area contributed by atoms with E-state index in [1.165, 1.54) is 0 Å². The number of rotatable bonds is 9. The number of carbonyl (C=O) groups is 1. The molecular weight excluding hydrogens is 484 g/mol. The lowest BCUT2D eigenvalue weighted by Crippen LogP contribution is -2.45. The first-order valence-electron chi connectivity index (χ1n) is 12.8. The summed E-state index contributed by atoms with van der Waals surface area (Å²) in [5, 5.41) is 12.5. The van der Waals surface area contributed by atoms with Gasteiger partial charge in [-0.2, -0.15) is 0 Å². The minimum Gasteiger partial charge on any atom is -0.445 e. The Morgan fingerprint density at radius 1 is 1.22 bits per heavy atom. The number of oxime groups is 1. The molecule has 9 heteroatoms. The molecule has 8 nitrogen and oxygen atoms in total. The molecule has 1 heterocycles. The lowest BCUT2D eigenvalue weighted by molar-refractivity contribution is 0.0819. The average Bonchev–Trinajstić information content (AvgIpc) is 3.31. The third-order valence-electron chi connectivity index (χ3n) is 7.56. The van der Waals surface area contributed by atoms with E-state index in [0.29, 0.717) is 12.1 Å². The highest BCUT2D eigenvalue weighted by Crippen LogP contribution is 2.38. The van der Waals surface area contributed by atoms with Gasteiger partial charge in [0.25, 0.3) is 0 Å². The van der Waals surface area contributed by atoms with E-state index in [1.54, 1.807) is 18.0 Å². The first-order chi connectivity index (χ1) is 17.4. The number of carbonyl (C=O) groups excluding carboxylic acids is 1. The molecule has 0 saturated carbocycles. The molecule has 0 bridgehead atoms. The fraction of sp³-hybridized carbons (Fsp3) is 0.500. The monoisotopic (exact) mass is 526 g/mol. The van der Waals surface area contributed by atoms with Crippen LogP contribution in [0.25, 0.3) is 0 Å². The Morgan fingerprint density at radius 3 is 2.57 bits per heavy atom. The quantitative estimate of drug-likeness (QED) is 0.153. The van der Waals surface area contributed by atoms with Gasteiger partial charge in [0, 0.05) is 32.2 Å². The SMILES string of the molecule is CN(C(=O)OCc1ccccc1)[C@H](CN1CC[C@H](O[Si](C)(C)C(C)(C)C)C1)c1cccc(C(N)=NO)c1. The van der Waals surface area contributed by atoms with Crippen molar-refractivity contribution in [3.05, 3.63) is 71.3 Å². The fourth-order valence-corrected chi connectivity index (χ4v) is 5.64. The molecule has 2 atom stereocenters. The molecule has 202 valence electrons. The second kappa shape index (κ2) is 12.1. The highest BCUT2D eigenvalue weighted by atomic mass is 28.4. The van der Waals surface area contributed by atoms with E-state index in [0.717, 1.165) is 30.6 Å². The van der Waals surface area contributed by atoms with E-state index in [9.17, 15) is 4.79 Å². The molecule has 0 unspecified atom stereocenters. The Hall–Kier alpha value is -2.88. The van der Waals surface area contributed by atoms with E-state index in [4.69, 9.17) is 20.1 Å². The molecule has 0 radical (unpaired) electrons. The predicted octanol–water partition coefficient (Wildman–Crippen LogP) is 5.19. The van der Waals surface area contributed by atoms with Gasteiger partial charge in [-0.25, -0.2) is 4.79 Å². The zero-order valence-corrected chi connectivity index (χ0v) is 24.0. The van der Waals surface area contributed by atoms with E-state index < -0.39 is 14.4 Å². The number of amidine groups is 1. The van der Waals surface area contributed by atoms with Crippen LogP contribution in [0.5, 0.6) is 0 Å². The molecule has 1 saturated heterocycles. The van der Waals surface area contributed by atoms with E-state index in [-0.39, 0.29) is 29.6 Å². The molecule has 1 aliphatic heterocycles. The van der Waals surface area contributed by atoms with Crippen LogP contribution >= 0.6 is 0 Å². The minimum absolute atomic E-state index is 0.0268. The number of hydrogen-bond acceptors (Lipinski definition) is 6. The third-order valence-corrected chi connectivity index (χ3v) is 12.1. The third kappa shape index (κ3) is 7.56. The second-order valence-corrected chi connectivity index (χ2v) is 16.1. The molecular formula is C28H42N4O4Si.